The average molecular weight is 397 g/mol. The Morgan fingerprint density at radius 3 is 2.86 bits per heavy atom. The Morgan fingerprint density at radius 2 is 2.14 bits per heavy atom. The SMILES string of the molecule is Cc1ccc(-c2csnn2)cc1NC(=O)c1noc2c1C[C@@H](C(C)(C)C)CC2. The zero-order valence-electron chi connectivity index (χ0n) is 16.6. The van der Waals surface area contributed by atoms with E-state index in [2.05, 4.69) is 40.8 Å². The molecule has 28 heavy (non-hydrogen) atoms. The van der Waals surface area contributed by atoms with Gasteiger partial charge in [-0.25, -0.2) is 0 Å². The van der Waals surface area contributed by atoms with Gasteiger partial charge in [-0.15, -0.1) is 5.10 Å². The van der Waals surface area contributed by atoms with E-state index < -0.39 is 0 Å². The number of aromatic nitrogens is 3. The minimum absolute atomic E-state index is 0.190. The van der Waals surface area contributed by atoms with Crippen molar-refractivity contribution in [3.8, 4) is 11.3 Å². The first-order chi connectivity index (χ1) is 13.3. The summed E-state index contributed by atoms with van der Waals surface area (Å²) in [5.41, 5.74) is 5.00. The molecule has 0 saturated heterocycles. The molecule has 0 fully saturated rings. The van der Waals surface area contributed by atoms with E-state index in [4.69, 9.17) is 4.52 Å². The third-order valence-corrected chi connectivity index (χ3v) is 6.13. The van der Waals surface area contributed by atoms with Gasteiger partial charge in [0.25, 0.3) is 5.91 Å². The Kier molecular flexibility index (Phi) is 4.79. The van der Waals surface area contributed by atoms with Gasteiger partial charge in [0.2, 0.25) is 0 Å². The van der Waals surface area contributed by atoms with Crippen molar-refractivity contribution in [3.63, 3.8) is 0 Å². The molecule has 7 heteroatoms. The van der Waals surface area contributed by atoms with Crippen LogP contribution in [0, 0.1) is 18.3 Å². The number of benzene rings is 1. The molecule has 1 aliphatic carbocycles. The fourth-order valence-corrected chi connectivity index (χ4v) is 4.17. The van der Waals surface area contributed by atoms with E-state index in [1.165, 1.54) is 11.5 Å². The van der Waals surface area contributed by atoms with Crippen LogP contribution < -0.4 is 5.32 Å². The summed E-state index contributed by atoms with van der Waals surface area (Å²) in [7, 11) is 0. The van der Waals surface area contributed by atoms with E-state index in [-0.39, 0.29) is 11.3 Å². The standard InChI is InChI=1S/C21H24N4O2S/c1-12-5-6-13(17-11-28-25-23-17)9-16(12)22-20(26)19-15-10-14(21(2,3)4)7-8-18(15)27-24-19/h5-6,9,11,14H,7-8,10H2,1-4H3,(H,22,26)/t14-/m0/s1. The van der Waals surface area contributed by atoms with Gasteiger partial charge in [-0.2, -0.15) is 0 Å². The summed E-state index contributed by atoms with van der Waals surface area (Å²) in [4.78, 5) is 13.0. The molecule has 1 aromatic carbocycles. The van der Waals surface area contributed by atoms with Crippen molar-refractivity contribution >= 4 is 23.1 Å². The normalized spacial score (nSPS) is 16.6. The van der Waals surface area contributed by atoms with Crippen molar-refractivity contribution in [2.24, 2.45) is 11.3 Å². The largest absolute Gasteiger partial charge is 0.360 e. The maximum atomic E-state index is 13.0. The summed E-state index contributed by atoms with van der Waals surface area (Å²) in [5, 5.41) is 13.1. The highest BCUT2D eigenvalue weighted by atomic mass is 32.1. The topological polar surface area (TPSA) is 80.9 Å². The number of rotatable bonds is 3. The first kappa shape index (κ1) is 18.8. The Bertz CT molecular complexity index is 1000. The second-order valence-corrected chi connectivity index (χ2v) is 9.12. The molecule has 4 rings (SSSR count). The minimum atomic E-state index is -0.226. The molecule has 0 saturated carbocycles. The first-order valence-electron chi connectivity index (χ1n) is 9.50. The zero-order valence-corrected chi connectivity index (χ0v) is 17.4. The van der Waals surface area contributed by atoms with Gasteiger partial charge in [0.05, 0.1) is 0 Å². The summed E-state index contributed by atoms with van der Waals surface area (Å²) >= 11 is 1.30. The third kappa shape index (κ3) is 3.58. The van der Waals surface area contributed by atoms with Crippen molar-refractivity contribution in [3.05, 3.63) is 46.2 Å². The van der Waals surface area contributed by atoms with Crippen LogP contribution in [0.15, 0.2) is 28.1 Å². The average Bonchev–Trinajstić information content (AvgIpc) is 3.32. The Hall–Kier alpha value is -2.54. The Balaban J connectivity index is 1.59. The maximum Gasteiger partial charge on any atom is 0.278 e. The molecular weight excluding hydrogens is 372 g/mol. The smallest absolute Gasteiger partial charge is 0.278 e. The second kappa shape index (κ2) is 7.13. The van der Waals surface area contributed by atoms with Crippen LogP contribution in [0.25, 0.3) is 11.3 Å². The van der Waals surface area contributed by atoms with E-state index >= 15 is 0 Å². The van der Waals surface area contributed by atoms with Crippen LogP contribution in [0.2, 0.25) is 0 Å². The molecule has 1 N–H and O–H groups in total. The fourth-order valence-electron chi connectivity index (χ4n) is 3.71. The van der Waals surface area contributed by atoms with Gasteiger partial charge in [0.1, 0.15) is 11.5 Å². The Morgan fingerprint density at radius 1 is 1.32 bits per heavy atom. The summed E-state index contributed by atoms with van der Waals surface area (Å²) < 4.78 is 9.40. The number of carbonyl (C=O) groups is 1. The van der Waals surface area contributed by atoms with Crippen LogP contribution in [0.4, 0.5) is 5.69 Å². The van der Waals surface area contributed by atoms with Gasteiger partial charge in [0.15, 0.2) is 5.69 Å². The Labute approximate surface area is 168 Å². The molecule has 1 aliphatic rings. The van der Waals surface area contributed by atoms with E-state index in [1.807, 2.05) is 30.5 Å². The third-order valence-electron chi connectivity index (χ3n) is 5.62. The highest BCUT2D eigenvalue weighted by Gasteiger charge is 2.34. The highest BCUT2D eigenvalue weighted by molar-refractivity contribution is 7.03. The molecule has 2 heterocycles. The molecule has 0 spiro atoms. The molecular formula is C21H24N4O2S. The van der Waals surface area contributed by atoms with Crippen LogP contribution >= 0.6 is 11.5 Å². The number of carbonyl (C=O) groups excluding carboxylic acids is 1. The number of hydrogen-bond donors (Lipinski definition) is 1. The zero-order chi connectivity index (χ0) is 19.9. The summed E-state index contributed by atoms with van der Waals surface area (Å²) in [6, 6.07) is 5.88. The van der Waals surface area contributed by atoms with Crippen molar-refractivity contribution in [1.29, 1.82) is 0 Å². The molecule has 0 unspecified atom stereocenters. The molecule has 0 bridgehead atoms. The lowest BCUT2D eigenvalue weighted by atomic mass is 9.71. The predicted octanol–water partition coefficient (Wildman–Crippen LogP) is 4.90. The monoisotopic (exact) mass is 396 g/mol. The van der Waals surface area contributed by atoms with Crippen molar-refractivity contribution in [2.45, 2.75) is 47.0 Å². The number of amides is 1. The summed E-state index contributed by atoms with van der Waals surface area (Å²) in [6.07, 6.45) is 2.73. The number of nitrogens with one attached hydrogen (secondary N) is 1. The molecule has 0 aliphatic heterocycles. The van der Waals surface area contributed by atoms with E-state index in [0.717, 1.165) is 53.1 Å². The first-order valence-corrected chi connectivity index (χ1v) is 10.3. The van der Waals surface area contributed by atoms with Gasteiger partial charge in [-0.05, 0) is 54.3 Å². The summed E-state index contributed by atoms with van der Waals surface area (Å²) in [6.45, 7) is 8.71. The van der Waals surface area contributed by atoms with Crippen molar-refractivity contribution in [2.75, 3.05) is 5.32 Å². The molecule has 1 atom stereocenters. The fraction of sp³-hybridized carbons (Fsp3) is 0.429. The van der Waals surface area contributed by atoms with E-state index in [9.17, 15) is 4.79 Å². The predicted molar refractivity (Wildman–Crippen MR) is 110 cm³/mol. The summed E-state index contributed by atoms with van der Waals surface area (Å²) in [5.74, 6) is 1.13. The lowest BCUT2D eigenvalue weighted by Crippen LogP contribution is -2.27. The van der Waals surface area contributed by atoms with Gasteiger partial charge in [0, 0.05) is 28.6 Å². The van der Waals surface area contributed by atoms with Gasteiger partial charge in [-0.3, -0.25) is 4.79 Å². The molecule has 6 nitrogen and oxygen atoms in total. The molecule has 2 aromatic heterocycles. The van der Waals surface area contributed by atoms with Crippen molar-refractivity contribution in [1.82, 2.24) is 14.7 Å². The van der Waals surface area contributed by atoms with Crippen LogP contribution in [0.5, 0.6) is 0 Å². The van der Waals surface area contributed by atoms with Crippen LogP contribution in [0.1, 0.15) is 54.6 Å². The number of fused-ring (bicyclic) bond motifs is 1. The quantitative estimate of drug-likeness (QED) is 0.681. The van der Waals surface area contributed by atoms with Crippen LogP contribution in [-0.4, -0.2) is 20.7 Å². The number of anilines is 1. The molecule has 1 amide bonds. The van der Waals surface area contributed by atoms with Crippen LogP contribution in [0.3, 0.4) is 0 Å². The van der Waals surface area contributed by atoms with Crippen LogP contribution in [-0.2, 0) is 12.8 Å². The number of hydrogen-bond acceptors (Lipinski definition) is 6. The molecule has 0 radical (unpaired) electrons. The lowest BCUT2D eigenvalue weighted by Gasteiger charge is -2.33. The molecule has 146 valence electrons. The minimum Gasteiger partial charge on any atom is -0.360 e. The van der Waals surface area contributed by atoms with Gasteiger partial charge in [-0.1, -0.05) is 42.5 Å². The van der Waals surface area contributed by atoms with Gasteiger partial charge < -0.3 is 9.84 Å². The van der Waals surface area contributed by atoms with Crippen molar-refractivity contribution < 1.29 is 9.32 Å². The number of aryl methyl sites for hydroxylation is 2. The van der Waals surface area contributed by atoms with E-state index in [0.29, 0.717) is 11.6 Å². The maximum absolute atomic E-state index is 13.0. The molecule has 3 aromatic rings. The van der Waals surface area contributed by atoms with Gasteiger partial charge >= 0.3 is 0 Å². The second-order valence-electron chi connectivity index (χ2n) is 8.51. The van der Waals surface area contributed by atoms with E-state index in [1.54, 1.807) is 0 Å². The number of nitrogens with zero attached hydrogens (tertiary/aromatic N) is 3. The lowest BCUT2D eigenvalue weighted by molar-refractivity contribution is 0.101. The highest BCUT2D eigenvalue weighted by Crippen LogP contribution is 2.38.